The van der Waals surface area contributed by atoms with Gasteiger partial charge in [0.25, 0.3) is 0 Å². The lowest BCUT2D eigenvalue weighted by atomic mass is 10.6. The summed E-state index contributed by atoms with van der Waals surface area (Å²) in [5.74, 6) is 0.611. The lowest BCUT2D eigenvalue weighted by Gasteiger charge is -1.94. The first-order valence-corrected chi connectivity index (χ1v) is 2.83. The maximum atomic E-state index is 8.19. The minimum atomic E-state index is 0. The molecular formula is C4H11Cl2NO. The highest BCUT2D eigenvalue weighted by molar-refractivity contribution is 6.18. The monoisotopic (exact) mass is 159 g/mol. The quantitative estimate of drug-likeness (QED) is 0.455. The maximum absolute atomic E-state index is 8.19. The molecule has 0 heterocycles. The molecule has 2 N–H and O–H groups in total. The molecule has 0 aromatic rings. The Morgan fingerprint density at radius 2 is 2.00 bits per heavy atom. The predicted molar refractivity (Wildman–Crippen MR) is 37.9 cm³/mol. The van der Waals surface area contributed by atoms with E-state index in [0.29, 0.717) is 12.4 Å². The van der Waals surface area contributed by atoms with E-state index in [4.69, 9.17) is 16.7 Å². The summed E-state index contributed by atoms with van der Waals surface area (Å²) < 4.78 is 0. The van der Waals surface area contributed by atoms with E-state index in [0.717, 1.165) is 6.54 Å². The highest BCUT2D eigenvalue weighted by Gasteiger charge is 1.78. The van der Waals surface area contributed by atoms with Crippen molar-refractivity contribution in [3.8, 4) is 0 Å². The van der Waals surface area contributed by atoms with E-state index < -0.39 is 0 Å². The SMILES string of the molecule is Cl.OCCNCCCl. The van der Waals surface area contributed by atoms with Gasteiger partial charge < -0.3 is 10.4 Å². The zero-order chi connectivity index (χ0) is 5.54. The number of alkyl halides is 1. The van der Waals surface area contributed by atoms with Crippen LogP contribution < -0.4 is 5.32 Å². The van der Waals surface area contributed by atoms with Gasteiger partial charge in [0.15, 0.2) is 0 Å². The van der Waals surface area contributed by atoms with Gasteiger partial charge in [0.2, 0.25) is 0 Å². The molecule has 2 nitrogen and oxygen atoms in total. The van der Waals surface area contributed by atoms with Crippen molar-refractivity contribution in [2.45, 2.75) is 0 Å². The van der Waals surface area contributed by atoms with Gasteiger partial charge in [0, 0.05) is 19.0 Å². The molecule has 52 valence electrons. The molecule has 8 heavy (non-hydrogen) atoms. The van der Waals surface area contributed by atoms with E-state index in [1.54, 1.807) is 0 Å². The highest BCUT2D eigenvalue weighted by Crippen LogP contribution is 1.67. The van der Waals surface area contributed by atoms with E-state index in [9.17, 15) is 0 Å². The lowest BCUT2D eigenvalue weighted by molar-refractivity contribution is 0.294. The molecule has 0 fully saturated rings. The van der Waals surface area contributed by atoms with Crippen LogP contribution in [-0.2, 0) is 0 Å². The number of rotatable bonds is 4. The van der Waals surface area contributed by atoms with E-state index in [2.05, 4.69) is 5.32 Å². The third kappa shape index (κ3) is 9.71. The van der Waals surface area contributed by atoms with Crippen molar-refractivity contribution in [1.82, 2.24) is 5.32 Å². The average Bonchev–Trinajstić information content (AvgIpc) is 1.69. The predicted octanol–water partition coefficient (Wildman–Crippen LogP) is 0.229. The third-order valence-electron chi connectivity index (χ3n) is 0.560. The van der Waals surface area contributed by atoms with Gasteiger partial charge in [0.1, 0.15) is 0 Å². The molecular weight excluding hydrogens is 149 g/mol. The van der Waals surface area contributed by atoms with Gasteiger partial charge in [-0.2, -0.15) is 0 Å². The molecule has 0 saturated heterocycles. The van der Waals surface area contributed by atoms with Crippen molar-refractivity contribution in [1.29, 1.82) is 0 Å². The van der Waals surface area contributed by atoms with Crippen LogP contribution in [-0.4, -0.2) is 30.7 Å². The molecule has 0 atom stereocenters. The molecule has 0 spiro atoms. The Morgan fingerprint density at radius 1 is 1.38 bits per heavy atom. The number of hydrogen-bond donors (Lipinski definition) is 2. The Morgan fingerprint density at radius 3 is 2.38 bits per heavy atom. The van der Waals surface area contributed by atoms with Crippen molar-refractivity contribution in [3.05, 3.63) is 0 Å². The van der Waals surface area contributed by atoms with Gasteiger partial charge >= 0.3 is 0 Å². The molecule has 0 aliphatic heterocycles. The zero-order valence-corrected chi connectivity index (χ0v) is 6.13. The number of aliphatic hydroxyl groups is 1. The summed E-state index contributed by atoms with van der Waals surface area (Å²) in [6, 6.07) is 0. The van der Waals surface area contributed by atoms with Gasteiger partial charge in [-0.3, -0.25) is 0 Å². The average molecular weight is 160 g/mol. The maximum Gasteiger partial charge on any atom is 0.0555 e. The van der Waals surface area contributed by atoms with Crippen molar-refractivity contribution in [2.75, 3.05) is 25.6 Å². The molecule has 0 aromatic heterocycles. The summed E-state index contributed by atoms with van der Waals surface area (Å²) in [4.78, 5) is 0. The van der Waals surface area contributed by atoms with Crippen molar-refractivity contribution in [2.24, 2.45) is 0 Å². The molecule has 0 unspecified atom stereocenters. The molecule has 0 aliphatic rings. The minimum Gasteiger partial charge on any atom is -0.395 e. The summed E-state index contributed by atoms with van der Waals surface area (Å²) in [5, 5.41) is 11.1. The summed E-state index contributed by atoms with van der Waals surface area (Å²) in [6.07, 6.45) is 0. The van der Waals surface area contributed by atoms with E-state index in [1.807, 2.05) is 0 Å². The minimum absolute atomic E-state index is 0. The summed E-state index contributed by atoms with van der Waals surface area (Å²) in [5.41, 5.74) is 0. The van der Waals surface area contributed by atoms with Gasteiger partial charge in [-0.15, -0.1) is 24.0 Å². The van der Waals surface area contributed by atoms with Gasteiger partial charge in [-0.05, 0) is 0 Å². The molecule has 0 rings (SSSR count). The standard InChI is InChI=1S/C4H10ClNO.ClH/c5-1-2-6-3-4-7;/h6-7H,1-4H2;1H. The van der Waals surface area contributed by atoms with Crippen molar-refractivity contribution >= 4 is 24.0 Å². The van der Waals surface area contributed by atoms with Crippen LogP contribution in [0.2, 0.25) is 0 Å². The highest BCUT2D eigenvalue weighted by atomic mass is 35.5. The second-order valence-electron chi connectivity index (χ2n) is 1.16. The van der Waals surface area contributed by atoms with Gasteiger partial charge in [-0.25, -0.2) is 0 Å². The second-order valence-corrected chi connectivity index (χ2v) is 1.54. The van der Waals surface area contributed by atoms with Crippen LogP contribution in [0.5, 0.6) is 0 Å². The Hall–Kier alpha value is 0.500. The molecule has 0 radical (unpaired) electrons. The fourth-order valence-corrected chi connectivity index (χ4v) is 0.405. The van der Waals surface area contributed by atoms with E-state index in [1.165, 1.54) is 0 Å². The Bertz CT molecular complexity index is 33.2. The third-order valence-corrected chi connectivity index (χ3v) is 0.749. The fourth-order valence-electron chi connectivity index (χ4n) is 0.271. The molecule has 4 heteroatoms. The second kappa shape index (κ2) is 10.5. The largest absolute Gasteiger partial charge is 0.395 e. The molecule has 0 aliphatic carbocycles. The molecule has 0 bridgehead atoms. The van der Waals surface area contributed by atoms with Gasteiger partial charge in [0.05, 0.1) is 6.61 Å². The van der Waals surface area contributed by atoms with Crippen molar-refractivity contribution < 1.29 is 5.11 Å². The lowest BCUT2D eigenvalue weighted by Crippen LogP contribution is -2.19. The topological polar surface area (TPSA) is 32.3 Å². The molecule has 0 aromatic carbocycles. The van der Waals surface area contributed by atoms with E-state index >= 15 is 0 Å². The van der Waals surface area contributed by atoms with Crippen LogP contribution in [0.25, 0.3) is 0 Å². The first kappa shape index (κ1) is 11.3. The normalized spacial score (nSPS) is 8.25. The fraction of sp³-hybridized carbons (Fsp3) is 1.00. The molecule has 0 saturated carbocycles. The van der Waals surface area contributed by atoms with Crippen LogP contribution >= 0.6 is 24.0 Å². The Balaban J connectivity index is 0. The van der Waals surface area contributed by atoms with E-state index in [-0.39, 0.29) is 19.0 Å². The first-order valence-electron chi connectivity index (χ1n) is 2.29. The number of halogens is 2. The molecule has 0 amide bonds. The number of nitrogens with one attached hydrogen (secondary N) is 1. The van der Waals surface area contributed by atoms with Crippen LogP contribution in [0.3, 0.4) is 0 Å². The summed E-state index contributed by atoms with van der Waals surface area (Å²) >= 11 is 5.29. The number of hydrogen-bond acceptors (Lipinski definition) is 2. The Kier molecular flexibility index (Phi) is 14.8. The first-order chi connectivity index (χ1) is 3.41. The Labute approximate surface area is 60.6 Å². The smallest absolute Gasteiger partial charge is 0.0555 e. The van der Waals surface area contributed by atoms with Gasteiger partial charge in [-0.1, -0.05) is 0 Å². The zero-order valence-electron chi connectivity index (χ0n) is 4.56. The summed E-state index contributed by atoms with van der Waals surface area (Å²) in [6.45, 7) is 1.62. The van der Waals surface area contributed by atoms with Crippen LogP contribution in [0.1, 0.15) is 0 Å². The van der Waals surface area contributed by atoms with Crippen LogP contribution in [0.15, 0.2) is 0 Å². The summed E-state index contributed by atoms with van der Waals surface area (Å²) in [7, 11) is 0. The number of aliphatic hydroxyl groups excluding tert-OH is 1. The van der Waals surface area contributed by atoms with Crippen molar-refractivity contribution in [3.63, 3.8) is 0 Å². The van der Waals surface area contributed by atoms with Crippen LogP contribution in [0.4, 0.5) is 0 Å². The van der Waals surface area contributed by atoms with Crippen LogP contribution in [0, 0.1) is 0 Å².